The van der Waals surface area contributed by atoms with Gasteiger partial charge in [0.2, 0.25) is 5.91 Å². The molecule has 112 valence electrons. The average Bonchev–Trinajstić information content (AvgIpc) is 2.35. The zero-order valence-electron chi connectivity index (χ0n) is 13.2. The topological polar surface area (TPSA) is 41.1 Å². The molecule has 1 aromatic carbocycles. The second-order valence-corrected chi connectivity index (χ2v) is 6.81. The number of carbonyl (C=O) groups excluding carboxylic acids is 1. The molecule has 3 nitrogen and oxygen atoms in total. The second-order valence-electron chi connectivity index (χ2n) is 6.02. The van der Waals surface area contributed by atoms with Crippen LogP contribution in [0.15, 0.2) is 16.6 Å². The molecule has 0 aliphatic carbocycles. The largest absolute Gasteiger partial charge is 0.374 e. The predicted octanol–water partition coefficient (Wildman–Crippen LogP) is 4.17. The molecule has 0 aliphatic heterocycles. The molecule has 0 aromatic heterocycles. The average molecular weight is 341 g/mol. The number of hydrogen-bond donors (Lipinski definition) is 2. The van der Waals surface area contributed by atoms with Crippen LogP contribution in [0.1, 0.15) is 45.2 Å². The quantitative estimate of drug-likeness (QED) is 0.844. The number of carbonyl (C=O) groups is 1. The molecule has 0 spiro atoms. The van der Waals surface area contributed by atoms with Crippen molar-refractivity contribution in [1.29, 1.82) is 0 Å². The fraction of sp³-hybridized carbons (Fsp3) is 0.562. The normalized spacial score (nSPS) is 12.9. The Morgan fingerprint density at radius 2 is 1.80 bits per heavy atom. The molecule has 1 aromatic rings. The van der Waals surface area contributed by atoms with Crippen molar-refractivity contribution >= 4 is 27.5 Å². The smallest absolute Gasteiger partial charge is 0.242 e. The van der Waals surface area contributed by atoms with Gasteiger partial charge in [-0.25, -0.2) is 0 Å². The number of aryl methyl sites for hydroxylation is 2. The molecule has 0 radical (unpaired) electrons. The fourth-order valence-corrected chi connectivity index (χ4v) is 2.10. The molecule has 0 saturated heterocycles. The van der Waals surface area contributed by atoms with Gasteiger partial charge in [-0.3, -0.25) is 4.79 Å². The van der Waals surface area contributed by atoms with Crippen molar-refractivity contribution in [1.82, 2.24) is 5.32 Å². The zero-order chi connectivity index (χ0) is 15.5. The van der Waals surface area contributed by atoms with Crippen molar-refractivity contribution in [2.75, 3.05) is 5.32 Å². The summed E-state index contributed by atoms with van der Waals surface area (Å²) in [7, 11) is 0. The van der Waals surface area contributed by atoms with Crippen molar-refractivity contribution in [2.24, 2.45) is 0 Å². The van der Waals surface area contributed by atoms with Crippen LogP contribution in [0.5, 0.6) is 0 Å². The molecule has 0 bridgehead atoms. The molecule has 1 unspecified atom stereocenters. The number of benzene rings is 1. The van der Waals surface area contributed by atoms with Crippen LogP contribution in [0.2, 0.25) is 0 Å². The molecular formula is C16H25BrN2O. The minimum absolute atomic E-state index is 0.0232. The summed E-state index contributed by atoms with van der Waals surface area (Å²) in [5.74, 6) is 0.0232. The maximum atomic E-state index is 12.2. The van der Waals surface area contributed by atoms with Crippen LogP contribution in [0, 0.1) is 13.8 Å². The maximum absolute atomic E-state index is 12.2. The highest BCUT2D eigenvalue weighted by Crippen LogP contribution is 2.25. The second kappa shape index (κ2) is 6.61. The number of amides is 1. The highest BCUT2D eigenvalue weighted by atomic mass is 79.9. The molecule has 20 heavy (non-hydrogen) atoms. The molecule has 0 fully saturated rings. The molecule has 0 aliphatic rings. The minimum atomic E-state index is -0.263. The summed E-state index contributed by atoms with van der Waals surface area (Å²) in [5, 5.41) is 6.32. The van der Waals surface area contributed by atoms with Crippen LogP contribution in [-0.2, 0) is 4.79 Å². The first-order valence-corrected chi connectivity index (χ1v) is 7.81. The van der Waals surface area contributed by atoms with E-state index in [0.29, 0.717) is 0 Å². The van der Waals surface area contributed by atoms with Crippen LogP contribution in [0.4, 0.5) is 5.69 Å². The van der Waals surface area contributed by atoms with E-state index in [4.69, 9.17) is 0 Å². The summed E-state index contributed by atoms with van der Waals surface area (Å²) in [6, 6.07) is 3.83. The van der Waals surface area contributed by atoms with E-state index in [2.05, 4.69) is 33.5 Å². The Morgan fingerprint density at radius 1 is 1.30 bits per heavy atom. The van der Waals surface area contributed by atoms with Gasteiger partial charge in [-0.15, -0.1) is 0 Å². The van der Waals surface area contributed by atoms with Gasteiger partial charge in [0.25, 0.3) is 0 Å². The lowest BCUT2D eigenvalue weighted by molar-refractivity contribution is -0.123. The Hall–Kier alpha value is -1.03. The SMILES string of the molecule is CCC(C)(C)NC(=O)C(C)Nc1cc(C)c(Br)c(C)c1. The van der Waals surface area contributed by atoms with Crippen molar-refractivity contribution in [2.45, 2.75) is 59.5 Å². The Balaban J connectivity index is 2.76. The van der Waals surface area contributed by atoms with Gasteiger partial charge in [-0.1, -0.05) is 22.9 Å². The summed E-state index contributed by atoms with van der Waals surface area (Å²) in [6.45, 7) is 12.1. The van der Waals surface area contributed by atoms with Gasteiger partial charge in [-0.2, -0.15) is 0 Å². The Kier molecular flexibility index (Phi) is 5.63. The van der Waals surface area contributed by atoms with Gasteiger partial charge in [0.15, 0.2) is 0 Å². The van der Waals surface area contributed by atoms with Crippen molar-refractivity contribution < 1.29 is 4.79 Å². The van der Waals surface area contributed by atoms with Crippen LogP contribution < -0.4 is 10.6 Å². The highest BCUT2D eigenvalue weighted by Gasteiger charge is 2.21. The summed E-state index contributed by atoms with van der Waals surface area (Å²) in [5.41, 5.74) is 3.13. The lowest BCUT2D eigenvalue weighted by atomic mass is 10.0. The van der Waals surface area contributed by atoms with Gasteiger partial charge in [-0.05, 0) is 64.3 Å². The first-order chi connectivity index (χ1) is 9.16. The first kappa shape index (κ1) is 17.0. The molecule has 4 heteroatoms. The van der Waals surface area contributed by atoms with E-state index in [-0.39, 0.29) is 17.5 Å². The van der Waals surface area contributed by atoms with Gasteiger partial charge >= 0.3 is 0 Å². The van der Waals surface area contributed by atoms with Crippen LogP contribution in [0.3, 0.4) is 0 Å². The van der Waals surface area contributed by atoms with E-state index in [1.165, 1.54) is 0 Å². The highest BCUT2D eigenvalue weighted by molar-refractivity contribution is 9.10. The van der Waals surface area contributed by atoms with Gasteiger partial charge in [0, 0.05) is 15.7 Å². The number of nitrogens with one attached hydrogen (secondary N) is 2. The number of rotatable bonds is 5. The number of hydrogen-bond acceptors (Lipinski definition) is 2. The van der Waals surface area contributed by atoms with Gasteiger partial charge < -0.3 is 10.6 Å². The fourth-order valence-electron chi connectivity index (χ4n) is 1.87. The van der Waals surface area contributed by atoms with E-state index < -0.39 is 0 Å². The lowest BCUT2D eigenvalue weighted by Crippen LogP contribution is -2.48. The molecule has 1 amide bonds. The van der Waals surface area contributed by atoms with E-state index in [0.717, 1.165) is 27.7 Å². The Morgan fingerprint density at radius 3 is 2.25 bits per heavy atom. The standard InChI is InChI=1S/C16H25BrN2O/c1-7-16(5,6)19-15(20)12(4)18-13-8-10(2)14(17)11(3)9-13/h8-9,12,18H,7H2,1-6H3,(H,19,20). The zero-order valence-corrected chi connectivity index (χ0v) is 14.8. The summed E-state index contributed by atoms with van der Waals surface area (Å²) in [6.07, 6.45) is 0.905. The van der Waals surface area contributed by atoms with Crippen molar-refractivity contribution in [3.63, 3.8) is 0 Å². The maximum Gasteiger partial charge on any atom is 0.242 e. The molecular weight excluding hydrogens is 316 g/mol. The molecule has 0 heterocycles. The molecule has 1 atom stereocenters. The third kappa shape index (κ3) is 4.51. The van der Waals surface area contributed by atoms with E-state index in [1.54, 1.807) is 0 Å². The molecule has 1 rings (SSSR count). The van der Waals surface area contributed by atoms with Crippen molar-refractivity contribution in [3.8, 4) is 0 Å². The minimum Gasteiger partial charge on any atom is -0.374 e. The Bertz CT molecular complexity index is 474. The molecule has 2 N–H and O–H groups in total. The van der Waals surface area contributed by atoms with E-state index >= 15 is 0 Å². The third-order valence-corrected chi connectivity index (χ3v) is 4.81. The number of anilines is 1. The summed E-state index contributed by atoms with van der Waals surface area (Å²) >= 11 is 3.55. The van der Waals surface area contributed by atoms with Gasteiger partial charge in [0.1, 0.15) is 6.04 Å². The summed E-state index contributed by atoms with van der Waals surface area (Å²) in [4.78, 5) is 12.2. The lowest BCUT2D eigenvalue weighted by Gasteiger charge is -2.27. The van der Waals surface area contributed by atoms with Crippen LogP contribution >= 0.6 is 15.9 Å². The van der Waals surface area contributed by atoms with Crippen LogP contribution in [0.25, 0.3) is 0 Å². The van der Waals surface area contributed by atoms with Crippen molar-refractivity contribution in [3.05, 3.63) is 27.7 Å². The first-order valence-electron chi connectivity index (χ1n) is 7.01. The predicted molar refractivity (Wildman–Crippen MR) is 89.2 cm³/mol. The summed E-state index contributed by atoms with van der Waals surface area (Å²) < 4.78 is 1.12. The monoisotopic (exact) mass is 340 g/mol. The number of halogens is 1. The van der Waals surface area contributed by atoms with E-state index in [1.807, 2.05) is 46.8 Å². The molecule has 0 saturated carbocycles. The van der Waals surface area contributed by atoms with Crippen LogP contribution in [-0.4, -0.2) is 17.5 Å². The van der Waals surface area contributed by atoms with Gasteiger partial charge in [0.05, 0.1) is 0 Å². The Labute approximate surface area is 130 Å². The third-order valence-electron chi connectivity index (χ3n) is 3.56. The van der Waals surface area contributed by atoms with E-state index in [9.17, 15) is 4.79 Å².